The quantitative estimate of drug-likeness (QED) is 0.221. The Labute approximate surface area is 234 Å². The normalized spacial score (nSPS) is 15.0. The van der Waals surface area contributed by atoms with Crippen LogP contribution in [-0.4, -0.2) is 44.9 Å². The van der Waals surface area contributed by atoms with E-state index >= 15 is 0 Å². The molecule has 1 aliphatic heterocycles. The minimum Gasteiger partial charge on any atom is -0.317 e. The molecule has 2 aromatic heterocycles. The van der Waals surface area contributed by atoms with Crippen LogP contribution < -0.4 is 16.0 Å². The Bertz CT molecular complexity index is 1440. The zero-order chi connectivity index (χ0) is 28.3. The number of aryl methyl sites for hydroxylation is 1. The Morgan fingerprint density at radius 2 is 1.70 bits per heavy atom. The predicted molar refractivity (Wildman–Crippen MR) is 157 cm³/mol. The lowest BCUT2D eigenvalue weighted by Crippen LogP contribution is -2.33. The van der Waals surface area contributed by atoms with Crippen LogP contribution in [0.3, 0.4) is 0 Å². The smallest absolute Gasteiger partial charge is 0.317 e. The van der Waals surface area contributed by atoms with E-state index < -0.39 is 0 Å². The fraction of sp³-hybridized carbons (Fsp3) is 0.355. The molecule has 1 atom stereocenters. The molecule has 1 unspecified atom stereocenters. The maximum atomic E-state index is 13.4. The van der Waals surface area contributed by atoms with E-state index in [2.05, 4.69) is 46.9 Å². The molecule has 9 nitrogen and oxygen atoms in total. The summed E-state index contributed by atoms with van der Waals surface area (Å²) < 4.78 is 1.76. The van der Waals surface area contributed by atoms with Gasteiger partial charge >= 0.3 is 6.03 Å². The average Bonchev–Trinajstić information content (AvgIpc) is 3.62. The van der Waals surface area contributed by atoms with Gasteiger partial charge in [0.1, 0.15) is 5.82 Å². The summed E-state index contributed by atoms with van der Waals surface area (Å²) in [5.41, 5.74) is 4.87. The molecule has 40 heavy (non-hydrogen) atoms. The molecule has 0 spiro atoms. The fourth-order valence-electron chi connectivity index (χ4n) is 5.15. The summed E-state index contributed by atoms with van der Waals surface area (Å²) in [6.07, 6.45) is 5.11. The third-order valence-electron chi connectivity index (χ3n) is 7.45. The van der Waals surface area contributed by atoms with Gasteiger partial charge in [0.05, 0.1) is 29.1 Å². The van der Waals surface area contributed by atoms with E-state index in [0.29, 0.717) is 17.1 Å². The van der Waals surface area contributed by atoms with Gasteiger partial charge in [0.2, 0.25) is 0 Å². The highest BCUT2D eigenvalue weighted by atomic mass is 16.2. The molecule has 0 aliphatic carbocycles. The van der Waals surface area contributed by atoms with E-state index in [1.807, 2.05) is 61.5 Å². The second-order valence-corrected chi connectivity index (χ2v) is 11.5. The molecule has 1 fully saturated rings. The predicted octanol–water partition coefficient (Wildman–Crippen LogP) is 5.81. The summed E-state index contributed by atoms with van der Waals surface area (Å²) >= 11 is 0. The molecule has 4 aromatic rings. The maximum Gasteiger partial charge on any atom is 0.324 e. The molecule has 0 saturated carbocycles. The van der Waals surface area contributed by atoms with Crippen molar-refractivity contribution in [1.29, 1.82) is 0 Å². The number of aromatic nitrogens is 4. The molecule has 9 heteroatoms. The van der Waals surface area contributed by atoms with Crippen molar-refractivity contribution in [2.45, 2.75) is 51.9 Å². The SMILES string of the molecule is Cc1ccc(-n2nc(C(C)(C)C)cc2NC(=O)Nc2ccc(C(C(=O)c3cn[nH]c3)C3CCNCC3)cc2)cc1. The van der Waals surface area contributed by atoms with E-state index in [-0.39, 0.29) is 29.1 Å². The number of nitrogens with one attached hydrogen (secondary N) is 4. The summed E-state index contributed by atoms with van der Waals surface area (Å²) in [4.78, 5) is 26.5. The third kappa shape index (κ3) is 6.15. The number of carbonyl (C=O) groups excluding carboxylic acids is 2. The van der Waals surface area contributed by atoms with Crippen LogP contribution in [0.2, 0.25) is 0 Å². The summed E-state index contributed by atoms with van der Waals surface area (Å²) in [6.45, 7) is 10.1. The Balaban J connectivity index is 1.34. The first kappa shape index (κ1) is 27.3. The lowest BCUT2D eigenvalue weighted by atomic mass is 9.76. The van der Waals surface area contributed by atoms with Crippen LogP contribution in [-0.2, 0) is 5.41 Å². The number of nitrogens with zero attached hydrogens (tertiary/aromatic N) is 3. The first-order valence-electron chi connectivity index (χ1n) is 13.8. The van der Waals surface area contributed by atoms with Crippen molar-refractivity contribution in [3.63, 3.8) is 0 Å². The number of aromatic amines is 1. The molecule has 2 amide bonds. The first-order valence-corrected chi connectivity index (χ1v) is 13.8. The van der Waals surface area contributed by atoms with Crippen LogP contribution in [0.5, 0.6) is 0 Å². The second-order valence-electron chi connectivity index (χ2n) is 11.5. The van der Waals surface area contributed by atoms with Crippen molar-refractivity contribution in [2.75, 3.05) is 23.7 Å². The van der Waals surface area contributed by atoms with Crippen LogP contribution in [0.15, 0.2) is 67.0 Å². The van der Waals surface area contributed by atoms with E-state index in [1.165, 1.54) is 0 Å². The zero-order valence-electron chi connectivity index (χ0n) is 23.5. The van der Waals surface area contributed by atoms with Gasteiger partial charge in [-0.15, -0.1) is 0 Å². The minimum absolute atomic E-state index is 0.0677. The number of H-pyrrole nitrogens is 1. The van der Waals surface area contributed by atoms with Gasteiger partial charge in [-0.25, -0.2) is 9.48 Å². The number of amides is 2. The molecule has 0 radical (unpaired) electrons. The van der Waals surface area contributed by atoms with Gasteiger partial charge in [-0.1, -0.05) is 50.6 Å². The highest BCUT2D eigenvalue weighted by Gasteiger charge is 2.32. The van der Waals surface area contributed by atoms with Gasteiger partial charge in [0.25, 0.3) is 0 Å². The number of anilines is 2. The molecular weight excluding hydrogens is 502 g/mol. The van der Waals surface area contributed by atoms with Crippen molar-refractivity contribution in [1.82, 2.24) is 25.3 Å². The minimum atomic E-state index is -0.370. The number of hydrogen-bond acceptors (Lipinski definition) is 5. The van der Waals surface area contributed by atoms with E-state index in [9.17, 15) is 9.59 Å². The number of hydrogen-bond donors (Lipinski definition) is 4. The van der Waals surface area contributed by atoms with Crippen LogP contribution in [0, 0.1) is 12.8 Å². The van der Waals surface area contributed by atoms with Crippen molar-refractivity contribution < 1.29 is 9.59 Å². The first-order chi connectivity index (χ1) is 19.2. The molecule has 208 valence electrons. The van der Waals surface area contributed by atoms with Crippen molar-refractivity contribution in [3.05, 3.63) is 89.4 Å². The van der Waals surface area contributed by atoms with Gasteiger partial charge < -0.3 is 10.6 Å². The topological polar surface area (TPSA) is 117 Å². The Hall–Kier alpha value is -4.24. The largest absolute Gasteiger partial charge is 0.324 e. The molecule has 1 saturated heterocycles. The second kappa shape index (κ2) is 11.5. The molecule has 0 bridgehead atoms. The van der Waals surface area contributed by atoms with Gasteiger partial charge in [-0.3, -0.25) is 15.2 Å². The summed E-state index contributed by atoms with van der Waals surface area (Å²) in [5.74, 6) is 0.629. The van der Waals surface area contributed by atoms with E-state index in [4.69, 9.17) is 5.10 Å². The highest BCUT2D eigenvalue weighted by Crippen LogP contribution is 2.34. The standard InChI is InChI=1S/C31H37N7O2/c1-20-5-11-25(12-6-20)38-27(17-26(37-38)31(2,3)4)36-30(40)35-24-9-7-21(8-10-24)28(22-13-15-32-16-14-22)29(39)23-18-33-34-19-23/h5-12,17-19,22,28,32H,13-16H2,1-4H3,(H,33,34)(H2,35,36,40). The summed E-state index contributed by atoms with van der Waals surface area (Å²) in [6, 6.07) is 17.1. The fourth-order valence-corrected chi connectivity index (χ4v) is 5.15. The molecule has 5 rings (SSSR count). The zero-order valence-corrected chi connectivity index (χ0v) is 23.5. The number of carbonyl (C=O) groups is 2. The molecule has 4 N–H and O–H groups in total. The number of ketones is 1. The van der Waals surface area contributed by atoms with Crippen molar-refractivity contribution in [2.24, 2.45) is 5.92 Å². The summed E-state index contributed by atoms with van der Waals surface area (Å²) in [5, 5.41) is 20.8. The Morgan fingerprint density at radius 1 is 1.00 bits per heavy atom. The van der Waals surface area contributed by atoms with Crippen LogP contribution in [0.1, 0.15) is 66.7 Å². The van der Waals surface area contributed by atoms with E-state index in [1.54, 1.807) is 17.1 Å². The number of rotatable bonds is 7. The third-order valence-corrected chi connectivity index (χ3v) is 7.45. The molecule has 3 heterocycles. The molecule has 2 aromatic carbocycles. The Morgan fingerprint density at radius 3 is 2.33 bits per heavy atom. The van der Waals surface area contributed by atoms with Gasteiger partial charge in [0, 0.05) is 23.4 Å². The van der Waals surface area contributed by atoms with Crippen LogP contribution in [0.25, 0.3) is 5.69 Å². The number of benzene rings is 2. The van der Waals surface area contributed by atoms with Gasteiger partial charge in [-0.05, 0) is 68.6 Å². The molecular formula is C31H37N7O2. The number of Topliss-reactive ketones (excluding diaryl/α,β-unsaturated/α-hetero) is 1. The number of urea groups is 1. The average molecular weight is 540 g/mol. The van der Waals surface area contributed by atoms with E-state index in [0.717, 1.165) is 48.4 Å². The Kier molecular flexibility index (Phi) is 7.84. The monoisotopic (exact) mass is 539 g/mol. The van der Waals surface area contributed by atoms with Crippen LogP contribution >= 0.6 is 0 Å². The number of piperidine rings is 1. The summed E-state index contributed by atoms with van der Waals surface area (Å²) in [7, 11) is 0. The molecule has 1 aliphatic rings. The highest BCUT2D eigenvalue weighted by molar-refractivity contribution is 6.01. The lowest BCUT2D eigenvalue weighted by molar-refractivity contribution is 0.0916. The maximum absolute atomic E-state index is 13.4. The van der Waals surface area contributed by atoms with Gasteiger partial charge in [-0.2, -0.15) is 10.2 Å². The van der Waals surface area contributed by atoms with Gasteiger partial charge in [0.15, 0.2) is 5.78 Å². The lowest BCUT2D eigenvalue weighted by Gasteiger charge is -2.30. The van der Waals surface area contributed by atoms with Crippen molar-refractivity contribution in [3.8, 4) is 5.69 Å². The van der Waals surface area contributed by atoms with Crippen LogP contribution in [0.4, 0.5) is 16.3 Å². The van der Waals surface area contributed by atoms with Crippen molar-refractivity contribution >= 4 is 23.3 Å².